The summed E-state index contributed by atoms with van der Waals surface area (Å²) in [6.45, 7) is 0.0924. The lowest BCUT2D eigenvalue weighted by molar-refractivity contribution is 0.201. The predicted octanol–water partition coefficient (Wildman–Crippen LogP) is 1.42. The molecule has 0 saturated carbocycles. The number of phenolic OH excluding ortho intramolecular Hbond substituents is 1. The van der Waals surface area contributed by atoms with Gasteiger partial charge in [-0.05, 0) is 12.1 Å². The second-order valence-electron chi connectivity index (χ2n) is 2.19. The van der Waals surface area contributed by atoms with Gasteiger partial charge in [-0.2, -0.15) is 0 Å². The predicted molar refractivity (Wildman–Crippen MR) is 45.7 cm³/mol. The van der Waals surface area contributed by atoms with E-state index in [1.807, 2.05) is 0 Å². The van der Waals surface area contributed by atoms with Gasteiger partial charge in [0.1, 0.15) is 18.1 Å². The van der Waals surface area contributed by atoms with Crippen LogP contribution in [-0.2, 0) is 0 Å². The lowest BCUT2D eigenvalue weighted by atomic mass is 10.3. The highest BCUT2D eigenvalue weighted by Crippen LogP contribution is 2.27. The summed E-state index contributed by atoms with van der Waals surface area (Å²) in [5.74, 6) is 0.470. The van der Waals surface area contributed by atoms with E-state index in [-0.39, 0.29) is 19.0 Å². The molecule has 0 saturated heterocycles. The van der Waals surface area contributed by atoms with Crippen LogP contribution in [0.25, 0.3) is 0 Å². The Bertz CT molecular complexity index is 262. The third kappa shape index (κ3) is 2.29. The van der Waals surface area contributed by atoms with Crippen LogP contribution in [0.3, 0.4) is 0 Å². The highest BCUT2D eigenvalue weighted by molar-refractivity contribution is 6.32. The van der Waals surface area contributed by atoms with Crippen molar-refractivity contribution in [3.63, 3.8) is 0 Å². The molecule has 0 amide bonds. The van der Waals surface area contributed by atoms with E-state index in [1.54, 1.807) is 0 Å². The molecule has 1 rings (SSSR count). The minimum atomic E-state index is -0.0774. The van der Waals surface area contributed by atoms with E-state index in [0.29, 0.717) is 10.8 Å². The van der Waals surface area contributed by atoms with Crippen molar-refractivity contribution < 1.29 is 14.9 Å². The van der Waals surface area contributed by atoms with Gasteiger partial charge in [-0.25, -0.2) is 0 Å². The van der Waals surface area contributed by atoms with Gasteiger partial charge in [0, 0.05) is 6.07 Å². The highest BCUT2D eigenvalue weighted by atomic mass is 35.5. The Morgan fingerprint density at radius 2 is 2.17 bits per heavy atom. The number of rotatable bonds is 3. The molecule has 0 bridgehead atoms. The zero-order chi connectivity index (χ0) is 8.97. The third-order valence-electron chi connectivity index (χ3n) is 1.26. The summed E-state index contributed by atoms with van der Waals surface area (Å²) in [5, 5.41) is 17.9. The van der Waals surface area contributed by atoms with Crippen LogP contribution in [0.4, 0.5) is 0 Å². The average molecular weight is 189 g/mol. The second kappa shape index (κ2) is 4.18. The Morgan fingerprint density at radius 1 is 1.42 bits per heavy atom. The molecule has 0 aliphatic heterocycles. The molecule has 0 fully saturated rings. The Kier molecular flexibility index (Phi) is 3.19. The van der Waals surface area contributed by atoms with Gasteiger partial charge < -0.3 is 14.9 Å². The topological polar surface area (TPSA) is 49.7 Å². The van der Waals surface area contributed by atoms with Crippen molar-refractivity contribution in [3.8, 4) is 11.5 Å². The van der Waals surface area contributed by atoms with Gasteiger partial charge >= 0.3 is 0 Å². The maximum atomic E-state index is 9.04. The standard InChI is InChI=1S/C8H9ClO3/c9-7-2-1-6(11)5-8(7)12-4-3-10/h1-2,5,10-11H,3-4H2. The Balaban J connectivity index is 2.75. The van der Waals surface area contributed by atoms with Gasteiger partial charge in [0.25, 0.3) is 0 Å². The van der Waals surface area contributed by atoms with Crippen LogP contribution >= 0.6 is 11.6 Å². The largest absolute Gasteiger partial charge is 0.508 e. The van der Waals surface area contributed by atoms with E-state index >= 15 is 0 Å². The van der Waals surface area contributed by atoms with Crippen LogP contribution in [0.1, 0.15) is 0 Å². The smallest absolute Gasteiger partial charge is 0.141 e. The van der Waals surface area contributed by atoms with E-state index < -0.39 is 0 Å². The van der Waals surface area contributed by atoms with Gasteiger partial charge in [-0.3, -0.25) is 0 Å². The first kappa shape index (κ1) is 9.16. The van der Waals surface area contributed by atoms with Crippen LogP contribution in [0, 0.1) is 0 Å². The number of aliphatic hydroxyl groups is 1. The van der Waals surface area contributed by atoms with Crippen LogP contribution in [-0.4, -0.2) is 23.4 Å². The zero-order valence-corrected chi connectivity index (χ0v) is 7.08. The van der Waals surface area contributed by atoms with Gasteiger partial charge in [-0.1, -0.05) is 11.6 Å². The first-order valence-electron chi connectivity index (χ1n) is 3.46. The average Bonchev–Trinajstić information content (AvgIpc) is 2.07. The highest BCUT2D eigenvalue weighted by Gasteiger charge is 2.01. The number of ether oxygens (including phenoxy) is 1. The maximum absolute atomic E-state index is 9.04. The third-order valence-corrected chi connectivity index (χ3v) is 1.58. The zero-order valence-electron chi connectivity index (χ0n) is 6.33. The van der Waals surface area contributed by atoms with Crippen molar-refractivity contribution in [3.05, 3.63) is 23.2 Å². The summed E-state index contributed by atoms with van der Waals surface area (Å²) in [6, 6.07) is 4.40. The van der Waals surface area contributed by atoms with Crippen molar-refractivity contribution >= 4 is 11.6 Å². The molecule has 0 aliphatic rings. The summed E-state index contributed by atoms with van der Waals surface area (Å²) >= 11 is 5.71. The van der Waals surface area contributed by atoms with E-state index in [2.05, 4.69) is 0 Å². The molecule has 0 radical (unpaired) electrons. The molecule has 0 aromatic heterocycles. The summed E-state index contributed by atoms with van der Waals surface area (Å²) in [5.41, 5.74) is 0. The number of halogens is 1. The molecular weight excluding hydrogens is 180 g/mol. The minimum Gasteiger partial charge on any atom is -0.508 e. The second-order valence-corrected chi connectivity index (χ2v) is 2.59. The number of hydrogen-bond donors (Lipinski definition) is 2. The molecule has 3 nitrogen and oxygen atoms in total. The van der Waals surface area contributed by atoms with Crippen molar-refractivity contribution in [2.24, 2.45) is 0 Å². The monoisotopic (exact) mass is 188 g/mol. The number of aliphatic hydroxyl groups excluding tert-OH is 1. The fourth-order valence-corrected chi connectivity index (χ4v) is 0.930. The van der Waals surface area contributed by atoms with E-state index in [1.165, 1.54) is 18.2 Å². The van der Waals surface area contributed by atoms with E-state index in [0.717, 1.165) is 0 Å². The van der Waals surface area contributed by atoms with Gasteiger partial charge in [0.2, 0.25) is 0 Å². The van der Waals surface area contributed by atoms with Crippen LogP contribution in [0.2, 0.25) is 5.02 Å². The van der Waals surface area contributed by atoms with Crippen molar-refractivity contribution in [1.82, 2.24) is 0 Å². The molecule has 66 valence electrons. The first-order valence-corrected chi connectivity index (χ1v) is 3.84. The molecule has 0 heterocycles. The minimum absolute atomic E-state index is 0.0774. The Morgan fingerprint density at radius 3 is 2.83 bits per heavy atom. The molecule has 0 unspecified atom stereocenters. The van der Waals surface area contributed by atoms with Crippen LogP contribution in [0.15, 0.2) is 18.2 Å². The summed E-state index contributed by atoms with van der Waals surface area (Å²) in [6.07, 6.45) is 0. The Labute approximate surface area is 75.2 Å². The molecule has 2 N–H and O–H groups in total. The van der Waals surface area contributed by atoms with E-state index in [4.69, 9.17) is 26.6 Å². The molecule has 4 heteroatoms. The van der Waals surface area contributed by atoms with Gasteiger partial charge in [-0.15, -0.1) is 0 Å². The van der Waals surface area contributed by atoms with Gasteiger partial charge in [0.05, 0.1) is 11.6 Å². The van der Waals surface area contributed by atoms with Crippen molar-refractivity contribution in [2.45, 2.75) is 0 Å². The van der Waals surface area contributed by atoms with Crippen molar-refractivity contribution in [2.75, 3.05) is 13.2 Å². The number of phenols is 1. The maximum Gasteiger partial charge on any atom is 0.141 e. The lowest BCUT2D eigenvalue weighted by Crippen LogP contribution is -2.01. The Hall–Kier alpha value is -0.930. The molecule has 1 aromatic carbocycles. The number of hydrogen-bond acceptors (Lipinski definition) is 3. The van der Waals surface area contributed by atoms with E-state index in [9.17, 15) is 0 Å². The summed E-state index contributed by atoms with van der Waals surface area (Å²) < 4.78 is 5.02. The van der Waals surface area contributed by atoms with Crippen LogP contribution in [0.5, 0.6) is 11.5 Å². The van der Waals surface area contributed by atoms with Crippen LogP contribution < -0.4 is 4.74 Å². The van der Waals surface area contributed by atoms with Crippen molar-refractivity contribution in [1.29, 1.82) is 0 Å². The SMILES string of the molecule is OCCOc1cc(O)ccc1Cl. The fraction of sp³-hybridized carbons (Fsp3) is 0.250. The number of benzene rings is 1. The summed E-state index contributed by atoms with van der Waals surface area (Å²) in [7, 11) is 0. The summed E-state index contributed by atoms with van der Waals surface area (Å²) in [4.78, 5) is 0. The fourth-order valence-electron chi connectivity index (χ4n) is 0.758. The number of aromatic hydroxyl groups is 1. The molecular formula is C8H9ClO3. The molecule has 0 atom stereocenters. The first-order chi connectivity index (χ1) is 5.74. The molecule has 0 aliphatic carbocycles. The molecule has 0 spiro atoms. The molecule has 12 heavy (non-hydrogen) atoms. The normalized spacial score (nSPS) is 9.83. The molecule has 1 aromatic rings. The quantitative estimate of drug-likeness (QED) is 0.754. The van der Waals surface area contributed by atoms with Gasteiger partial charge in [0.15, 0.2) is 0 Å². The lowest BCUT2D eigenvalue weighted by Gasteiger charge is -2.05.